The Morgan fingerprint density at radius 3 is 2.72 bits per heavy atom. The van der Waals surface area contributed by atoms with Crippen molar-refractivity contribution in [2.45, 2.75) is 25.3 Å². The molecule has 1 aliphatic heterocycles. The van der Waals surface area contributed by atoms with Crippen molar-refractivity contribution < 1.29 is 14.7 Å². The lowest BCUT2D eigenvalue weighted by atomic mass is 9.86. The third kappa shape index (κ3) is 2.70. The summed E-state index contributed by atoms with van der Waals surface area (Å²) in [7, 11) is 0. The second kappa shape index (κ2) is 5.67. The van der Waals surface area contributed by atoms with Gasteiger partial charge in [-0.1, -0.05) is 30.3 Å². The average molecular weight is 247 g/mol. The van der Waals surface area contributed by atoms with E-state index in [1.807, 2.05) is 30.3 Å². The summed E-state index contributed by atoms with van der Waals surface area (Å²) in [5, 5.41) is 9.21. The Bertz CT molecular complexity index is 418. The maximum atomic E-state index is 11.2. The van der Waals surface area contributed by atoms with Crippen molar-refractivity contribution >= 4 is 12.4 Å². The molecule has 1 fully saturated rings. The molecule has 0 saturated carbocycles. The summed E-state index contributed by atoms with van der Waals surface area (Å²) >= 11 is 0. The minimum atomic E-state index is -0.928. The van der Waals surface area contributed by atoms with Gasteiger partial charge in [-0.15, -0.1) is 0 Å². The molecule has 1 amide bonds. The van der Waals surface area contributed by atoms with Gasteiger partial charge in [0, 0.05) is 18.5 Å². The van der Waals surface area contributed by atoms with E-state index in [1.165, 1.54) is 4.90 Å². The molecule has 0 radical (unpaired) electrons. The molecule has 4 heteroatoms. The van der Waals surface area contributed by atoms with E-state index in [0.29, 0.717) is 13.0 Å². The summed E-state index contributed by atoms with van der Waals surface area (Å²) in [6, 6.07) is 9.50. The van der Waals surface area contributed by atoms with Gasteiger partial charge in [-0.2, -0.15) is 0 Å². The highest BCUT2D eigenvalue weighted by atomic mass is 16.4. The monoisotopic (exact) mass is 247 g/mol. The van der Waals surface area contributed by atoms with E-state index in [1.54, 1.807) is 0 Å². The van der Waals surface area contributed by atoms with Crippen LogP contribution in [0.4, 0.5) is 4.79 Å². The molecule has 1 aromatic carbocycles. The zero-order valence-corrected chi connectivity index (χ0v) is 10.2. The van der Waals surface area contributed by atoms with Gasteiger partial charge in [0.25, 0.3) is 0 Å². The number of carboxylic acid groups (broad SMARTS) is 1. The fourth-order valence-corrected chi connectivity index (χ4v) is 2.60. The van der Waals surface area contributed by atoms with E-state index in [0.717, 1.165) is 24.7 Å². The van der Waals surface area contributed by atoms with Crippen molar-refractivity contribution in [1.82, 2.24) is 4.90 Å². The second-order valence-corrected chi connectivity index (χ2v) is 4.68. The number of hydrogen-bond acceptors (Lipinski definition) is 2. The topological polar surface area (TPSA) is 57.6 Å². The zero-order chi connectivity index (χ0) is 13.0. The van der Waals surface area contributed by atoms with E-state index in [4.69, 9.17) is 0 Å². The molecule has 1 saturated heterocycles. The Morgan fingerprint density at radius 2 is 2.11 bits per heavy atom. The molecular weight excluding hydrogens is 230 g/mol. The number of carbonyl (C=O) groups excluding carboxylic acids is 1. The maximum Gasteiger partial charge on any atom is 0.407 e. The Kier molecular flexibility index (Phi) is 3.97. The van der Waals surface area contributed by atoms with Crippen LogP contribution in [0.25, 0.3) is 0 Å². The Balaban J connectivity index is 2.18. The Hall–Kier alpha value is -1.84. The molecule has 4 nitrogen and oxygen atoms in total. The third-order valence-electron chi connectivity index (χ3n) is 3.54. The number of rotatable bonds is 3. The molecule has 1 aromatic rings. The van der Waals surface area contributed by atoms with Crippen LogP contribution in [0.2, 0.25) is 0 Å². The third-order valence-corrected chi connectivity index (χ3v) is 3.54. The van der Waals surface area contributed by atoms with Crippen LogP contribution in [0.3, 0.4) is 0 Å². The van der Waals surface area contributed by atoms with E-state index < -0.39 is 6.09 Å². The van der Waals surface area contributed by atoms with E-state index in [9.17, 15) is 14.7 Å². The standard InChI is InChI=1S/C14H17NO3/c16-10-12-7-4-8-15(14(17)18)13(12)9-11-5-2-1-3-6-11/h1-3,5-6,10,12-13H,4,7-9H2,(H,17,18). The smallest absolute Gasteiger partial charge is 0.407 e. The van der Waals surface area contributed by atoms with E-state index in [-0.39, 0.29) is 12.0 Å². The molecule has 96 valence electrons. The summed E-state index contributed by atoms with van der Waals surface area (Å²) in [5.41, 5.74) is 1.07. The largest absolute Gasteiger partial charge is 0.465 e. The molecular formula is C14H17NO3. The van der Waals surface area contributed by atoms with Crippen molar-refractivity contribution in [3.8, 4) is 0 Å². The van der Waals surface area contributed by atoms with Crippen molar-refractivity contribution in [2.75, 3.05) is 6.54 Å². The fourth-order valence-electron chi connectivity index (χ4n) is 2.60. The van der Waals surface area contributed by atoms with E-state index in [2.05, 4.69) is 0 Å². The number of aldehydes is 1. The van der Waals surface area contributed by atoms with Crippen LogP contribution in [0.1, 0.15) is 18.4 Å². The molecule has 0 aromatic heterocycles. The highest BCUT2D eigenvalue weighted by Crippen LogP contribution is 2.25. The second-order valence-electron chi connectivity index (χ2n) is 4.68. The molecule has 1 N–H and O–H groups in total. The summed E-state index contributed by atoms with van der Waals surface area (Å²) in [6.45, 7) is 0.525. The van der Waals surface area contributed by atoms with Gasteiger partial charge in [0.15, 0.2) is 0 Å². The lowest BCUT2D eigenvalue weighted by Gasteiger charge is -2.37. The Morgan fingerprint density at radius 1 is 1.39 bits per heavy atom. The average Bonchev–Trinajstić information content (AvgIpc) is 2.40. The molecule has 18 heavy (non-hydrogen) atoms. The first-order valence-electron chi connectivity index (χ1n) is 6.21. The summed E-state index contributed by atoms with van der Waals surface area (Å²) in [4.78, 5) is 23.7. The van der Waals surface area contributed by atoms with Gasteiger partial charge in [-0.25, -0.2) is 4.79 Å². The number of likely N-dealkylation sites (tertiary alicyclic amines) is 1. The predicted octanol–water partition coefficient (Wildman–Crippen LogP) is 2.19. The van der Waals surface area contributed by atoms with Crippen molar-refractivity contribution in [3.63, 3.8) is 0 Å². The summed E-state index contributed by atoms with van der Waals surface area (Å²) in [5.74, 6) is -0.185. The maximum absolute atomic E-state index is 11.2. The SMILES string of the molecule is O=CC1CCCN(C(=O)O)C1Cc1ccccc1. The molecule has 0 bridgehead atoms. The Labute approximate surface area is 106 Å². The van der Waals surface area contributed by atoms with Crippen LogP contribution < -0.4 is 0 Å². The number of carbonyl (C=O) groups is 2. The predicted molar refractivity (Wildman–Crippen MR) is 67.5 cm³/mol. The normalized spacial score (nSPS) is 23.7. The summed E-state index contributed by atoms with van der Waals surface area (Å²) < 4.78 is 0. The minimum absolute atomic E-state index is 0.185. The van der Waals surface area contributed by atoms with Gasteiger partial charge in [-0.05, 0) is 24.8 Å². The van der Waals surface area contributed by atoms with Gasteiger partial charge in [0.05, 0.1) is 0 Å². The van der Waals surface area contributed by atoms with Crippen LogP contribution in [0.15, 0.2) is 30.3 Å². The minimum Gasteiger partial charge on any atom is -0.465 e. The molecule has 0 aliphatic carbocycles. The highest BCUT2D eigenvalue weighted by Gasteiger charge is 2.33. The molecule has 2 rings (SSSR count). The van der Waals surface area contributed by atoms with Crippen LogP contribution in [0.5, 0.6) is 0 Å². The first-order valence-corrected chi connectivity index (χ1v) is 6.21. The van der Waals surface area contributed by atoms with Crippen LogP contribution in [0, 0.1) is 5.92 Å². The number of nitrogens with zero attached hydrogens (tertiary/aromatic N) is 1. The highest BCUT2D eigenvalue weighted by molar-refractivity contribution is 5.67. The molecule has 1 heterocycles. The first-order chi connectivity index (χ1) is 8.72. The van der Waals surface area contributed by atoms with Gasteiger partial charge in [0.1, 0.15) is 6.29 Å². The number of benzene rings is 1. The van der Waals surface area contributed by atoms with Crippen LogP contribution in [-0.2, 0) is 11.2 Å². The lowest BCUT2D eigenvalue weighted by molar-refractivity contribution is -0.114. The first kappa shape index (κ1) is 12.6. The van der Waals surface area contributed by atoms with Crippen LogP contribution >= 0.6 is 0 Å². The molecule has 0 spiro atoms. The number of hydrogen-bond donors (Lipinski definition) is 1. The number of piperidine rings is 1. The molecule has 1 aliphatic rings. The van der Waals surface area contributed by atoms with Crippen molar-refractivity contribution in [1.29, 1.82) is 0 Å². The summed E-state index contributed by atoms with van der Waals surface area (Å²) in [6.07, 6.45) is 2.13. The van der Waals surface area contributed by atoms with Gasteiger partial charge in [-0.3, -0.25) is 0 Å². The fraction of sp³-hybridized carbons (Fsp3) is 0.429. The van der Waals surface area contributed by atoms with Crippen molar-refractivity contribution in [3.05, 3.63) is 35.9 Å². The van der Waals surface area contributed by atoms with Crippen molar-refractivity contribution in [2.24, 2.45) is 5.92 Å². The van der Waals surface area contributed by atoms with E-state index >= 15 is 0 Å². The van der Waals surface area contributed by atoms with Gasteiger partial charge >= 0.3 is 6.09 Å². The molecule has 2 unspecified atom stereocenters. The zero-order valence-electron chi connectivity index (χ0n) is 10.2. The lowest BCUT2D eigenvalue weighted by Crippen LogP contribution is -2.49. The number of amides is 1. The van der Waals surface area contributed by atoms with Crippen LogP contribution in [-0.4, -0.2) is 35.0 Å². The van der Waals surface area contributed by atoms with Gasteiger partial charge < -0.3 is 14.8 Å². The molecule has 2 atom stereocenters. The van der Waals surface area contributed by atoms with Gasteiger partial charge in [0.2, 0.25) is 0 Å². The quantitative estimate of drug-likeness (QED) is 0.833.